The molecule has 0 radical (unpaired) electrons. The topological polar surface area (TPSA) is 46.2 Å². The summed E-state index contributed by atoms with van der Waals surface area (Å²) in [6, 6.07) is 25.0. The van der Waals surface area contributed by atoms with Crippen LogP contribution in [0.3, 0.4) is 0 Å². The summed E-state index contributed by atoms with van der Waals surface area (Å²) in [6.07, 6.45) is 0. The van der Waals surface area contributed by atoms with E-state index in [2.05, 4.69) is 0 Å². The van der Waals surface area contributed by atoms with Gasteiger partial charge >= 0.3 is 0 Å². The van der Waals surface area contributed by atoms with E-state index in [-0.39, 0.29) is 0 Å². The number of aliphatic hydroxyl groups is 1. The molecule has 0 bridgehead atoms. The minimum absolute atomic E-state index is 0.569. The predicted molar refractivity (Wildman–Crippen MR) is 98.7 cm³/mol. The van der Waals surface area contributed by atoms with Crippen molar-refractivity contribution in [3.05, 3.63) is 107 Å². The first-order chi connectivity index (χ1) is 11.5. The molecular formula is C22H23NO. The van der Waals surface area contributed by atoms with Crippen LogP contribution < -0.4 is 5.73 Å². The van der Waals surface area contributed by atoms with Gasteiger partial charge in [0.15, 0.2) is 0 Å². The number of benzene rings is 3. The van der Waals surface area contributed by atoms with E-state index in [1.165, 1.54) is 0 Å². The van der Waals surface area contributed by atoms with E-state index in [0.29, 0.717) is 0 Å². The van der Waals surface area contributed by atoms with Crippen molar-refractivity contribution < 1.29 is 5.11 Å². The smallest absolute Gasteiger partial charge is 0.134 e. The SMILES string of the molecule is Cc1ccccc1C(O)(c1ccccc1C)C(N)c1ccccc1. The number of aryl methyl sites for hydroxylation is 2. The largest absolute Gasteiger partial charge is 0.378 e. The van der Waals surface area contributed by atoms with Crippen molar-refractivity contribution in [3.63, 3.8) is 0 Å². The van der Waals surface area contributed by atoms with Crippen LogP contribution in [0.1, 0.15) is 33.9 Å². The lowest BCUT2D eigenvalue weighted by atomic mass is 9.75. The molecule has 0 heterocycles. The Morgan fingerprint density at radius 2 is 1.12 bits per heavy atom. The molecule has 3 N–H and O–H groups in total. The Bertz CT molecular complexity index is 781. The lowest BCUT2D eigenvalue weighted by Crippen LogP contribution is -2.41. The average molecular weight is 317 g/mol. The second-order valence-electron chi connectivity index (χ2n) is 6.28. The Labute approximate surface area is 143 Å². The van der Waals surface area contributed by atoms with Crippen molar-refractivity contribution in [1.29, 1.82) is 0 Å². The molecule has 2 heteroatoms. The van der Waals surface area contributed by atoms with Crippen molar-refractivity contribution in [3.8, 4) is 0 Å². The highest BCUT2D eigenvalue weighted by Crippen LogP contribution is 2.42. The van der Waals surface area contributed by atoms with Gasteiger partial charge in [-0.05, 0) is 41.7 Å². The molecule has 0 aliphatic carbocycles. The molecule has 0 saturated carbocycles. The second-order valence-corrected chi connectivity index (χ2v) is 6.28. The lowest BCUT2D eigenvalue weighted by molar-refractivity contribution is 0.0500. The summed E-state index contributed by atoms with van der Waals surface area (Å²) in [4.78, 5) is 0. The van der Waals surface area contributed by atoms with E-state index in [1.807, 2.05) is 92.7 Å². The molecule has 0 aliphatic rings. The Balaban J connectivity index is 2.26. The zero-order valence-corrected chi connectivity index (χ0v) is 14.1. The Morgan fingerprint density at radius 3 is 1.58 bits per heavy atom. The summed E-state index contributed by atoms with van der Waals surface area (Å²) in [5.74, 6) is 0. The highest BCUT2D eigenvalue weighted by atomic mass is 16.3. The van der Waals surface area contributed by atoms with Gasteiger partial charge in [0.05, 0.1) is 6.04 Å². The average Bonchev–Trinajstić information content (AvgIpc) is 2.62. The van der Waals surface area contributed by atoms with Crippen LogP contribution in [0.5, 0.6) is 0 Å². The monoisotopic (exact) mass is 317 g/mol. The number of hydrogen-bond acceptors (Lipinski definition) is 2. The molecule has 122 valence electrons. The highest BCUT2D eigenvalue weighted by molar-refractivity contribution is 5.47. The first-order valence-electron chi connectivity index (χ1n) is 8.20. The molecule has 24 heavy (non-hydrogen) atoms. The molecule has 1 atom stereocenters. The molecule has 0 aromatic heterocycles. The fourth-order valence-electron chi connectivity index (χ4n) is 3.38. The van der Waals surface area contributed by atoms with Gasteiger partial charge < -0.3 is 10.8 Å². The van der Waals surface area contributed by atoms with E-state index in [4.69, 9.17) is 5.73 Å². The Kier molecular flexibility index (Phi) is 4.52. The summed E-state index contributed by atoms with van der Waals surface area (Å²) < 4.78 is 0. The molecule has 0 aliphatic heterocycles. The van der Waals surface area contributed by atoms with Crippen molar-refractivity contribution in [2.75, 3.05) is 0 Å². The van der Waals surface area contributed by atoms with Gasteiger partial charge in [-0.1, -0.05) is 78.9 Å². The quantitative estimate of drug-likeness (QED) is 0.756. The maximum atomic E-state index is 11.9. The summed E-state index contributed by atoms with van der Waals surface area (Å²) in [5, 5.41) is 11.9. The van der Waals surface area contributed by atoms with Crippen molar-refractivity contribution >= 4 is 0 Å². The standard InChI is InChI=1S/C22H23NO/c1-16-10-6-8-14-19(16)22(24,20-15-9-7-11-17(20)2)21(23)18-12-4-3-5-13-18/h3-15,21,24H,23H2,1-2H3. The van der Waals surface area contributed by atoms with Gasteiger partial charge in [-0.25, -0.2) is 0 Å². The van der Waals surface area contributed by atoms with E-state index in [9.17, 15) is 5.11 Å². The molecule has 3 aromatic rings. The summed E-state index contributed by atoms with van der Waals surface area (Å²) >= 11 is 0. The molecule has 3 rings (SSSR count). The third-order valence-corrected chi connectivity index (χ3v) is 4.72. The number of rotatable bonds is 4. The van der Waals surface area contributed by atoms with E-state index >= 15 is 0 Å². The van der Waals surface area contributed by atoms with Crippen molar-refractivity contribution in [2.45, 2.75) is 25.5 Å². The minimum atomic E-state index is -1.29. The van der Waals surface area contributed by atoms with Gasteiger partial charge in [0.25, 0.3) is 0 Å². The zero-order chi connectivity index (χ0) is 17.2. The molecule has 0 spiro atoms. The molecule has 2 nitrogen and oxygen atoms in total. The van der Waals surface area contributed by atoms with Gasteiger partial charge in [-0.15, -0.1) is 0 Å². The van der Waals surface area contributed by atoms with E-state index in [0.717, 1.165) is 27.8 Å². The summed E-state index contributed by atoms with van der Waals surface area (Å²) in [5.41, 5.74) is 9.97. The Morgan fingerprint density at radius 1 is 0.708 bits per heavy atom. The van der Waals surface area contributed by atoms with Crippen LogP contribution in [-0.4, -0.2) is 5.11 Å². The van der Waals surface area contributed by atoms with Crippen molar-refractivity contribution in [1.82, 2.24) is 0 Å². The van der Waals surface area contributed by atoms with E-state index < -0.39 is 11.6 Å². The van der Waals surface area contributed by atoms with Gasteiger partial charge in [-0.2, -0.15) is 0 Å². The molecular weight excluding hydrogens is 294 g/mol. The molecule has 0 saturated heterocycles. The van der Waals surface area contributed by atoms with Crippen LogP contribution in [0.4, 0.5) is 0 Å². The number of hydrogen-bond donors (Lipinski definition) is 2. The van der Waals surface area contributed by atoms with Crippen LogP contribution in [0.25, 0.3) is 0 Å². The van der Waals surface area contributed by atoms with Gasteiger partial charge in [0, 0.05) is 0 Å². The summed E-state index contributed by atoms with van der Waals surface area (Å²) in [7, 11) is 0. The second kappa shape index (κ2) is 6.60. The van der Waals surface area contributed by atoms with Crippen LogP contribution >= 0.6 is 0 Å². The van der Waals surface area contributed by atoms with Gasteiger partial charge in [0.2, 0.25) is 0 Å². The van der Waals surface area contributed by atoms with E-state index in [1.54, 1.807) is 0 Å². The lowest BCUT2D eigenvalue weighted by Gasteiger charge is -2.37. The molecule has 3 aromatic carbocycles. The fraction of sp³-hybridized carbons (Fsp3) is 0.182. The first kappa shape index (κ1) is 16.4. The maximum absolute atomic E-state index is 11.9. The van der Waals surface area contributed by atoms with Crippen LogP contribution in [0.2, 0.25) is 0 Å². The van der Waals surface area contributed by atoms with Crippen LogP contribution in [0.15, 0.2) is 78.9 Å². The van der Waals surface area contributed by atoms with Crippen LogP contribution in [-0.2, 0) is 5.60 Å². The fourth-order valence-corrected chi connectivity index (χ4v) is 3.38. The molecule has 1 unspecified atom stereocenters. The maximum Gasteiger partial charge on any atom is 0.134 e. The zero-order valence-electron chi connectivity index (χ0n) is 14.1. The van der Waals surface area contributed by atoms with Crippen molar-refractivity contribution in [2.24, 2.45) is 5.73 Å². The highest BCUT2D eigenvalue weighted by Gasteiger charge is 2.40. The van der Waals surface area contributed by atoms with Crippen LogP contribution in [0, 0.1) is 13.8 Å². The minimum Gasteiger partial charge on any atom is -0.378 e. The Hall–Kier alpha value is -2.42. The normalized spacial score (nSPS) is 12.8. The number of nitrogens with two attached hydrogens (primary N) is 1. The van der Waals surface area contributed by atoms with Gasteiger partial charge in [-0.3, -0.25) is 0 Å². The molecule has 0 fully saturated rings. The summed E-state index contributed by atoms with van der Waals surface area (Å²) in [6.45, 7) is 4.02. The molecule has 0 amide bonds. The first-order valence-corrected chi connectivity index (χ1v) is 8.20. The third kappa shape index (κ3) is 2.75. The predicted octanol–water partition coefficient (Wildman–Crippen LogP) is 4.24. The third-order valence-electron chi connectivity index (χ3n) is 4.72. The van der Waals surface area contributed by atoms with Gasteiger partial charge in [0.1, 0.15) is 5.60 Å².